The summed E-state index contributed by atoms with van der Waals surface area (Å²) < 4.78 is 5.52. The highest BCUT2D eigenvalue weighted by molar-refractivity contribution is 5.23. The van der Waals surface area contributed by atoms with E-state index in [2.05, 4.69) is 26.0 Å². The monoisotopic (exact) mass is 221 g/mol. The molecule has 0 aliphatic heterocycles. The third-order valence-corrected chi connectivity index (χ3v) is 3.02. The van der Waals surface area contributed by atoms with Gasteiger partial charge in [0.2, 0.25) is 0 Å². The molecule has 0 aromatic heterocycles. The lowest BCUT2D eigenvalue weighted by Crippen LogP contribution is -2.37. The molecule has 0 bridgehead atoms. The van der Waals surface area contributed by atoms with Crippen LogP contribution in [0.1, 0.15) is 38.7 Å². The van der Waals surface area contributed by atoms with Crippen LogP contribution in [-0.2, 0) is 10.3 Å². The van der Waals surface area contributed by atoms with E-state index < -0.39 is 0 Å². The summed E-state index contributed by atoms with van der Waals surface area (Å²) in [6.45, 7) is 5.82. The van der Waals surface area contributed by atoms with Crippen molar-refractivity contribution in [1.82, 2.24) is 0 Å². The normalized spacial score (nSPS) is 14.7. The molecule has 90 valence electrons. The van der Waals surface area contributed by atoms with Crippen molar-refractivity contribution < 1.29 is 4.74 Å². The maximum atomic E-state index is 6.42. The second-order valence-electron chi connectivity index (χ2n) is 4.24. The molecule has 0 saturated carbocycles. The highest BCUT2D eigenvalue weighted by atomic mass is 16.5. The fraction of sp³-hybridized carbons (Fsp3) is 0.571. The molecule has 0 spiro atoms. The van der Waals surface area contributed by atoms with Gasteiger partial charge in [0.25, 0.3) is 0 Å². The van der Waals surface area contributed by atoms with E-state index in [0.717, 1.165) is 32.5 Å². The third kappa shape index (κ3) is 3.62. The number of benzene rings is 1. The van der Waals surface area contributed by atoms with Gasteiger partial charge in [0.1, 0.15) is 0 Å². The van der Waals surface area contributed by atoms with Gasteiger partial charge in [-0.3, -0.25) is 0 Å². The summed E-state index contributed by atoms with van der Waals surface area (Å²) in [6, 6.07) is 10.3. The van der Waals surface area contributed by atoms with Crippen LogP contribution in [0.5, 0.6) is 0 Å². The first-order chi connectivity index (χ1) is 7.73. The Kier molecular flexibility index (Phi) is 5.50. The first-order valence-corrected chi connectivity index (χ1v) is 6.15. The number of nitrogens with two attached hydrogens (primary N) is 1. The molecule has 1 rings (SSSR count). The largest absolute Gasteiger partial charge is 0.381 e. The number of hydrogen-bond acceptors (Lipinski definition) is 2. The van der Waals surface area contributed by atoms with Crippen LogP contribution >= 0.6 is 0 Å². The zero-order chi connectivity index (χ0) is 11.9. The van der Waals surface area contributed by atoms with Crippen LogP contribution in [0.25, 0.3) is 0 Å². The zero-order valence-corrected chi connectivity index (χ0v) is 10.4. The lowest BCUT2D eigenvalue weighted by Gasteiger charge is -2.28. The molecular weight excluding hydrogens is 198 g/mol. The van der Waals surface area contributed by atoms with Crippen molar-refractivity contribution in [2.75, 3.05) is 13.2 Å². The molecule has 1 aromatic rings. The number of rotatable bonds is 7. The van der Waals surface area contributed by atoms with Gasteiger partial charge in [-0.05, 0) is 24.8 Å². The standard InChI is InChI=1S/C14H23NO/c1-3-11-16-12-10-14(15,4-2)13-8-6-5-7-9-13/h5-9H,3-4,10-12,15H2,1-2H3. The average molecular weight is 221 g/mol. The first kappa shape index (κ1) is 13.2. The second-order valence-corrected chi connectivity index (χ2v) is 4.24. The van der Waals surface area contributed by atoms with Gasteiger partial charge in [-0.1, -0.05) is 44.2 Å². The van der Waals surface area contributed by atoms with Crippen LogP contribution < -0.4 is 5.73 Å². The Labute approximate surface area is 98.8 Å². The zero-order valence-electron chi connectivity index (χ0n) is 10.4. The molecule has 1 unspecified atom stereocenters. The Morgan fingerprint density at radius 2 is 1.81 bits per heavy atom. The van der Waals surface area contributed by atoms with Crippen LogP contribution in [0.3, 0.4) is 0 Å². The first-order valence-electron chi connectivity index (χ1n) is 6.15. The molecular formula is C14H23NO. The van der Waals surface area contributed by atoms with Gasteiger partial charge in [0.05, 0.1) is 0 Å². The molecule has 0 amide bonds. The number of hydrogen-bond donors (Lipinski definition) is 1. The highest BCUT2D eigenvalue weighted by Gasteiger charge is 2.24. The van der Waals surface area contributed by atoms with Crippen molar-refractivity contribution in [3.63, 3.8) is 0 Å². The minimum Gasteiger partial charge on any atom is -0.381 e. The van der Waals surface area contributed by atoms with Gasteiger partial charge in [-0.15, -0.1) is 0 Å². The summed E-state index contributed by atoms with van der Waals surface area (Å²) in [7, 11) is 0. The molecule has 0 radical (unpaired) electrons. The molecule has 2 N–H and O–H groups in total. The van der Waals surface area contributed by atoms with E-state index >= 15 is 0 Å². The summed E-state index contributed by atoms with van der Waals surface area (Å²) in [5.41, 5.74) is 7.39. The van der Waals surface area contributed by atoms with E-state index in [-0.39, 0.29) is 5.54 Å². The maximum Gasteiger partial charge on any atom is 0.0486 e. The molecule has 16 heavy (non-hydrogen) atoms. The van der Waals surface area contributed by atoms with Gasteiger partial charge in [-0.2, -0.15) is 0 Å². The van der Waals surface area contributed by atoms with E-state index in [1.807, 2.05) is 18.2 Å². The molecule has 0 saturated heterocycles. The molecule has 1 atom stereocenters. The van der Waals surface area contributed by atoms with E-state index in [0.29, 0.717) is 0 Å². The smallest absolute Gasteiger partial charge is 0.0486 e. The van der Waals surface area contributed by atoms with Crippen molar-refractivity contribution in [1.29, 1.82) is 0 Å². The quantitative estimate of drug-likeness (QED) is 0.718. The highest BCUT2D eigenvalue weighted by Crippen LogP contribution is 2.25. The van der Waals surface area contributed by atoms with Gasteiger partial charge >= 0.3 is 0 Å². The topological polar surface area (TPSA) is 35.2 Å². The summed E-state index contributed by atoms with van der Waals surface area (Å²) in [4.78, 5) is 0. The van der Waals surface area contributed by atoms with Crippen LogP contribution in [-0.4, -0.2) is 13.2 Å². The molecule has 2 heteroatoms. The van der Waals surface area contributed by atoms with Gasteiger partial charge in [0.15, 0.2) is 0 Å². The van der Waals surface area contributed by atoms with E-state index in [4.69, 9.17) is 10.5 Å². The van der Waals surface area contributed by atoms with E-state index in [1.54, 1.807) is 0 Å². The SMILES string of the molecule is CCCOCCC(N)(CC)c1ccccc1. The van der Waals surface area contributed by atoms with Crippen LogP contribution in [0.2, 0.25) is 0 Å². The molecule has 0 aliphatic rings. The van der Waals surface area contributed by atoms with Gasteiger partial charge in [-0.25, -0.2) is 0 Å². The van der Waals surface area contributed by atoms with Gasteiger partial charge < -0.3 is 10.5 Å². The van der Waals surface area contributed by atoms with Gasteiger partial charge in [0, 0.05) is 18.8 Å². The van der Waals surface area contributed by atoms with Crippen molar-refractivity contribution in [3.8, 4) is 0 Å². The summed E-state index contributed by atoms with van der Waals surface area (Å²) in [6.07, 6.45) is 2.88. The lowest BCUT2D eigenvalue weighted by molar-refractivity contribution is 0.113. The van der Waals surface area contributed by atoms with Crippen LogP contribution in [0.15, 0.2) is 30.3 Å². The Hall–Kier alpha value is -0.860. The predicted molar refractivity (Wildman–Crippen MR) is 68.3 cm³/mol. The summed E-state index contributed by atoms with van der Waals surface area (Å²) in [5, 5.41) is 0. The maximum absolute atomic E-state index is 6.42. The van der Waals surface area contributed by atoms with Crippen molar-refractivity contribution in [2.24, 2.45) is 5.73 Å². The Morgan fingerprint density at radius 1 is 1.12 bits per heavy atom. The predicted octanol–water partition coefficient (Wildman–Crippen LogP) is 3.07. The minimum atomic E-state index is -0.241. The Balaban J connectivity index is 2.56. The lowest BCUT2D eigenvalue weighted by atomic mass is 9.85. The Morgan fingerprint density at radius 3 is 2.38 bits per heavy atom. The molecule has 0 aliphatic carbocycles. The van der Waals surface area contributed by atoms with Crippen LogP contribution in [0.4, 0.5) is 0 Å². The molecule has 0 heterocycles. The average Bonchev–Trinajstić information content (AvgIpc) is 2.35. The van der Waals surface area contributed by atoms with Crippen LogP contribution in [0, 0.1) is 0 Å². The summed E-state index contributed by atoms with van der Waals surface area (Å²) >= 11 is 0. The van der Waals surface area contributed by atoms with E-state index in [9.17, 15) is 0 Å². The van der Waals surface area contributed by atoms with Crippen molar-refractivity contribution in [3.05, 3.63) is 35.9 Å². The minimum absolute atomic E-state index is 0.241. The van der Waals surface area contributed by atoms with Crippen molar-refractivity contribution >= 4 is 0 Å². The molecule has 1 aromatic carbocycles. The Bertz CT molecular complexity index is 286. The van der Waals surface area contributed by atoms with Crippen molar-refractivity contribution in [2.45, 2.75) is 38.6 Å². The second kappa shape index (κ2) is 6.66. The molecule has 0 fully saturated rings. The fourth-order valence-corrected chi connectivity index (χ4v) is 1.80. The fourth-order valence-electron chi connectivity index (χ4n) is 1.80. The third-order valence-electron chi connectivity index (χ3n) is 3.02. The summed E-state index contributed by atoms with van der Waals surface area (Å²) in [5.74, 6) is 0. The molecule has 2 nitrogen and oxygen atoms in total. The van der Waals surface area contributed by atoms with E-state index in [1.165, 1.54) is 5.56 Å². The number of ether oxygens (including phenoxy) is 1.